The first-order chi connectivity index (χ1) is 12.6. The van der Waals surface area contributed by atoms with Gasteiger partial charge in [0.1, 0.15) is 5.75 Å². The SMILES string of the molecule is COc1cccc(CC(=O)N2CCN(C(=O)[C@H]3CCN[C@@H](C)C3)CC2)c1. The molecule has 3 rings (SSSR count). The molecule has 2 aliphatic rings. The fourth-order valence-corrected chi connectivity index (χ4v) is 3.86. The third kappa shape index (κ3) is 4.55. The van der Waals surface area contributed by atoms with Gasteiger partial charge >= 0.3 is 0 Å². The molecule has 0 spiro atoms. The van der Waals surface area contributed by atoms with E-state index in [-0.39, 0.29) is 17.7 Å². The zero-order valence-corrected chi connectivity index (χ0v) is 15.7. The number of methoxy groups -OCH3 is 1. The molecule has 1 N–H and O–H groups in total. The summed E-state index contributed by atoms with van der Waals surface area (Å²) >= 11 is 0. The number of amides is 2. The van der Waals surface area contributed by atoms with E-state index in [1.807, 2.05) is 34.1 Å². The highest BCUT2D eigenvalue weighted by Gasteiger charge is 2.31. The van der Waals surface area contributed by atoms with Crippen molar-refractivity contribution in [3.8, 4) is 5.75 Å². The van der Waals surface area contributed by atoms with Gasteiger partial charge in [-0.1, -0.05) is 12.1 Å². The standard InChI is InChI=1S/C20H29N3O3/c1-15-12-17(6-7-21-15)20(25)23-10-8-22(9-11-23)19(24)14-16-4-3-5-18(13-16)26-2/h3-5,13,15,17,21H,6-12,14H2,1-2H3/t15-,17-/m0/s1. The van der Waals surface area contributed by atoms with E-state index in [0.29, 0.717) is 38.6 Å². The van der Waals surface area contributed by atoms with Crippen molar-refractivity contribution in [2.75, 3.05) is 39.8 Å². The molecular formula is C20H29N3O3. The molecule has 2 amide bonds. The molecule has 0 saturated carbocycles. The lowest BCUT2D eigenvalue weighted by Crippen LogP contribution is -2.53. The van der Waals surface area contributed by atoms with Crippen LogP contribution in [0.25, 0.3) is 0 Å². The molecule has 2 atom stereocenters. The molecule has 0 radical (unpaired) electrons. The molecule has 6 nitrogen and oxygen atoms in total. The fraction of sp³-hybridized carbons (Fsp3) is 0.600. The molecule has 2 aliphatic heterocycles. The maximum Gasteiger partial charge on any atom is 0.227 e. The summed E-state index contributed by atoms with van der Waals surface area (Å²) in [5.74, 6) is 1.27. The van der Waals surface area contributed by atoms with Crippen LogP contribution in [0.15, 0.2) is 24.3 Å². The van der Waals surface area contributed by atoms with Crippen LogP contribution >= 0.6 is 0 Å². The molecule has 1 aromatic carbocycles. The molecule has 2 fully saturated rings. The van der Waals surface area contributed by atoms with Gasteiger partial charge in [0.25, 0.3) is 0 Å². The number of benzene rings is 1. The molecule has 0 aliphatic carbocycles. The predicted molar refractivity (Wildman–Crippen MR) is 100 cm³/mol. The molecule has 0 unspecified atom stereocenters. The van der Waals surface area contributed by atoms with E-state index in [0.717, 1.165) is 30.7 Å². The first-order valence-electron chi connectivity index (χ1n) is 9.49. The topological polar surface area (TPSA) is 61.9 Å². The maximum atomic E-state index is 12.7. The van der Waals surface area contributed by atoms with Crippen molar-refractivity contribution in [1.29, 1.82) is 0 Å². The van der Waals surface area contributed by atoms with Gasteiger partial charge in [-0.25, -0.2) is 0 Å². The second-order valence-electron chi connectivity index (χ2n) is 7.31. The number of nitrogens with one attached hydrogen (secondary N) is 1. The lowest BCUT2D eigenvalue weighted by atomic mass is 9.92. The number of nitrogens with zero attached hydrogens (tertiary/aromatic N) is 2. The van der Waals surface area contributed by atoms with Gasteiger partial charge in [0.15, 0.2) is 0 Å². The van der Waals surface area contributed by atoms with Gasteiger partial charge in [0.05, 0.1) is 13.5 Å². The van der Waals surface area contributed by atoms with Crippen LogP contribution in [-0.4, -0.2) is 67.5 Å². The van der Waals surface area contributed by atoms with E-state index in [1.165, 1.54) is 0 Å². The number of carbonyl (C=O) groups is 2. The summed E-state index contributed by atoms with van der Waals surface area (Å²) in [5.41, 5.74) is 0.955. The normalized spacial score (nSPS) is 23.6. The van der Waals surface area contributed by atoms with Crippen LogP contribution in [0.4, 0.5) is 0 Å². The Kier molecular flexibility index (Phi) is 6.14. The summed E-state index contributed by atoms with van der Waals surface area (Å²) in [7, 11) is 1.63. The second-order valence-corrected chi connectivity index (χ2v) is 7.31. The average molecular weight is 359 g/mol. The van der Waals surface area contributed by atoms with Crippen LogP contribution in [0.2, 0.25) is 0 Å². The zero-order valence-electron chi connectivity index (χ0n) is 15.7. The van der Waals surface area contributed by atoms with E-state index < -0.39 is 0 Å². The summed E-state index contributed by atoms with van der Waals surface area (Å²) in [6, 6.07) is 8.02. The van der Waals surface area contributed by atoms with Crippen molar-refractivity contribution in [2.24, 2.45) is 5.92 Å². The Labute approximate surface area is 155 Å². The number of hydrogen-bond donors (Lipinski definition) is 1. The van der Waals surface area contributed by atoms with Gasteiger partial charge < -0.3 is 19.9 Å². The van der Waals surface area contributed by atoms with Crippen molar-refractivity contribution < 1.29 is 14.3 Å². The van der Waals surface area contributed by atoms with Gasteiger partial charge in [-0.15, -0.1) is 0 Å². The smallest absolute Gasteiger partial charge is 0.227 e. The molecule has 0 aromatic heterocycles. The maximum absolute atomic E-state index is 12.7. The summed E-state index contributed by atoms with van der Waals surface area (Å²) in [4.78, 5) is 29.1. The van der Waals surface area contributed by atoms with Gasteiger partial charge in [-0.2, -0.15) is 0 Å². The Hall–Kier alpha value is -2.08. The van der Waals surface area contributed by atoms with Crippen LogP contribution in [0.5, 0.6) is 5.75 Å². The molecular weight excluding hydrogens is 330 g/mol. The van der Waals surface area contributed by atoms with Crippen LogP contribution in [0, 0.1) is 5.92 Å². The van der Waals surface area contributed by atoms with E-state index in [2.05, 4.69) is 12.2 Å². The quantitative estimate of drug-likeness (QED) is 0.880. The van der Waals surface area contributed by atoms with Crippen LogP contribution in [-0.2, 0) is 16.0 Å². The van der Waals surface area contributed by atoms with Crippen LogP contribution < -0.4 is 10.1 Å². The Balaban J connectivity index is 1.49. The Morgan fingerprint density at radius 2 is 1.92 bits per heavy atom. The summed E-state index contributed by atoms with van der Waals surface area (Å²) in [5, 5.41) is 3.39. The van der Waals surface area contributed by atoms with E-state index in [9.17, 15) is 9.59 Å². The minimum absolute atomic E-state index is 0.112. The van der Waals surface area contributed by atoms with Crippen molar-refractivity contribution in [3.05, 3.63) is 29.8 Å². The Morgan fingerprint density at radius 3 is 2.62 bits per heavy atom. The highest BCUT2D eigenvalue weighted by molar-refractivity contribution is 5.81. The molecule has 0 bridgehead atoms. The molecule has 2 heterocycles. The van der Waals surface area contributed by atoms with Crippen LogP contribution in [0.3, 0.4) is 0 Å². The third-order valence-corrected chi connectivity index (χ3v) is 5.41. The number of rotatable bonds is 4. The predicted octanol–water partition coefficient (Wildman–Crippen LogP) is 1.30. The van der Waals surface area contributed by atoms with E-state index in [1.54, 1.807) is 7.11 Å². The fourth-order valence-electron chi connectivity index (χ4n) is 3.86. The monoisotopic (exact) mass is 359 g/mol. The highest BCUT2D eigenvalue weighted by Crippen LogP contribution is 2.20. The molecule has 142 valence electrons. The van der Waals surface area contributed by atoms with Crippen LogP contribution in [0.1, 0.15) is 25.3 Å². The Morgan fingerprint density at radius 1 is 1.19 bits per heavy atom. The Bertz CT molecular complexity index is 641. The van der Waals surface area contributed by atoms with Gasteiger partial charge in [-0.05, 0) is 44.0 Å². The van der Waals surface area contributed by atoms with Crippen molar-refractivity contribution in [2.45, 2.75) is 32.2 Å². The number of piperidine rings is 1. The molecule has 6 heteroatoms. The first-order valence-corrected chi connectivity index (χ1v) is 9.49. The first kappa shape index (κ1) is 18.7. The molecule has 1 aromatic rings. The lowest BCUT2D eigenvalue weighted by molar-refractivity contribution is -0.142. The van der Waals surface area contributed by atoms with E-state index in [4.69, 9.17) is 4.74 Å². The van der Waals surface area contributed by atoms with Crippen molar-refractivity contribution in [1.82, 2.24) is 15.1 Å². The highest BCUT2D eigenvalue weighted by atomic mass is 16.5. The minimum atomic E-state index is 0.112. The molecule has 2 saturated heterocycles. The number of piperazine rings is 1. The van der Waals surface area contributed by atoms with Crippen molar-refractivity contribution >= 4 is 11.8 Å². The van der Waals surface area contributed by atoms with Crippen molar-refractivity contribution in [3.63, 3.8) is 0 Å². The lowest BCUT2D eigenvalue weighted by Gasteiger charge is -2.38. The van der Waals surface area contributed by atoms with Gasteiger partial charge in [0.2, 0.25) is 11.8 Å². The number of hydrogen-bond acceptors (Lipinski definition) is 4. The number of ether oxygens (including phenoxy) is 1. The summed E-state index contributed by atoms with van der Waals surface area (Å²) in [6.07, 6.45) is 2.20. The summed E-state index contributed by atoms with van der Waals surface area (Å²) < 4.78 is 5.21. The minimum Gasteiger partial charge on any atom is -0.497 e. The number of carbonyl (C=O) groups excluding carboxylic acids is 2. The molecule has 26 heavy (non-hydrogen) atoms. The third-order valence-electron chi connectivity index (χ3n) is 5.41. The van der Waals surface area contributed by atoms with E-state index >= 15 is 0 Å². The summed E-state index contributed by atoms with van der Waals surface area (Å²) in [6.45, 7) is 5.57. The zero-order chi connectivity index (χ0) is 18.5. The van der Waals surface area contributed by atoms with Gasteiger partial charge in [-0.3, -0.25) is 9.59 Å². The second kappa shape index (κ2) is 8.54. The average Bonchev–Trinajstić information content (AvgIpc) is 2.67. The largest absolute Gasteiger partial charge is 0.497 e. The van der Waals surface area contributed by atoms with Gasteiger partial charge in [0, 0.05) is 38.1 Å².